The second-order valence-electron chi connectivity index (χ2n) is 4.05. The van der Waals surface area contributed by atoms with E-state index in [0.29, 0.717) is 5.69 Å². The van der Waals surface area contributed by atoms with E-state index >= 15 is 0 Å². The van der Waals surface area contributed by atoms with E-state index in [1.165, 1.54) is 10.6 Å². The van der Waals surface area contributed by atoms with Crippen LogP contribution in [0, 0.1) is 6.92 Å². The van der Waals surface area contributed by atoms with Crippen LogP contribution in [0.15, 0.2) is 16.9 Å². The Bertz CT molecular complexity index is 472. The first-order valence-corrected chi connectivity index (χ1v) is 4.49. The van der Waals surface area contributed by atoms with Gasteiger partial charge < -0.3 is 5.32 Å². The SMILES string of the molecule is Cc1ccc(=O)n2c1C(=O)NC2(C)C. The van der Waals surface area contributed by atoms with Crippen LogP contribution < -0.4 is 10.9 Å². The average molecular weight is 192 g/mol. The van der Waals surface area contributed by atoms with Crippen LogP contribution >= 0.6 is 0 Å². The van der Waals surface area contributed by atoms with Gasteiger partial charge in [-0.15, -0.1) is 0 Å². The maximum atomic E-state index is 11.6. The molecule has 4 heteroatoms. The van der Waals surface area contributed by atoms with E-state index < -0.39 is 5.66 Å². The average Bonchev–Trinajstić information content (AvgIpc) is 2.30. The van der Waals surface area contributed by atoms with Crippen molar-refractivity contribution in [1.29, 1.82) is 0 Å². The highest BCUT2D eigenvalue weighted by Gasteiger charge is 2.36. The van der Waals surface area contributed by atoms with Gasteiger partial charge in [-0.1, -0.05) is 6.07 Å². The van der Waals surface area contributed by atoms with Gasteiger partial charge in [-0.2, -0.15) is 0 Å². The van der Waals surface area contributed by atoms with E-state index in [1.807, 2.05) is 20.8 Å². The zero-order valence-electron chi connectivity index (χ0n) is 8.42. The largest absolute Gasteiger partial charge is 0.328 e. The zero-order valence-corrected chi connectivity index (χ0v) is 8.42. The highest BCUT2D eigenvalue weighted by Crippen LogP contribution is 2.21. The molecule has 4 nitrogen and oxygen atoms in total. The van der Waals surface area contributed by atoms with Gasteiger partial charge in [0.2, 0.25) is 0 Å². The topological polar surface area (TPSA) is 51.1 Å². The molecule has 1 aromatic heterocycles. The van der Waals surface area contributed by atoms with E-state index in [9.17, 15) is 9.59 Å². The molecule has 1 aliphatic heterocycles. The van der Waals surface area contributed by atoms with Crippen LogP contribution in [0.5, 0.6) is 0 Å². The molecule has 0 atom stereocenters. The third-order valence-corrected chi connectivity index (χ3v) is 2.49. The van der Waals surface area contributed by atoms with Crippen molar-refractivity contribution in [3.63, 3.8) is 0 Å². The number of hydrogen-bond acceptors (Lipinski definition) is 2. The Morgan fingerprint density at radius 1 is 1.29 bits per heavy atom. The number of aromatic nitrogens is 1. The van der Waals surface area contributed by atoms with Crippen molar-refractivity contribution >= 4 is 5.91 Å². The Morgan fingerprint density at radius 2 is 1.93 bits per heavy atom. The molecular formula is C10H12N2O2. The van der Waals surface area contributed by atoms with Crippen LogP contribution in [0.3, 0.4) is 0 Å². The lowest BCUT2D eigenvalue weighted by Crippen LogP contribution is -2.41. The molecule has 2 heterocycles. The maximum absolute atomic E-state index is 11.6. The second kappa shape index (κ2) is 2.47. The number of pyridine rings is 1. The highest BCUT2D eigenvalue weighted by atomic mass is 16.2. The first-order chi connectivity index (χ1) is 6.43. The fourth-order valence-corrected chi connectivity index (χ4v) is 1.86. The molecule has 1 aromatic rings. The molecule has 0 saturated heterocycles. The minimum absolute atomic E-state index is 0.144. The van der Waals surface area contributed by atoms with Gasteiger partial charge in [0, 0.05) is 6.07 Å². The van der Waals surface area contributed by atoms with Crippen LogP contribution in [0.25, 0.3) is 0 Å². The number of carbonyl (C=O) groups is 1. The Kier molecular flexibility index (Phi) is 1.58. The van der Waals surface area contributed by atoms with Crippen molar-refractivity contribution in [2.24, 2.45) is 0 Å². The molecule has 0 aromatic carbocycles. The lowest BCUT2D eigenvalue weighted by Gasteiger charge is -2.21. The van der Waals surface area contributed by atoms with E-state index in [2.05, 4.69) is 5.32 Å². The molecule has 0 fully saturated rings. The normalized spacial score (nSPS) is 17.8. The Hall–Kier alpha value is -1.58. The van der Waals surface area contributed by atoms with E-state index in [4.69, 9.17) is 0 Å². The first kappa shape index (κ1) is 8.99. The van der Waals surface area contributed by atoms with Crippen LogP contribution in [-0.2, 0) is 5.66 Å². The van der Waals surface area contributed by atoms with Gasteiger partial charge in [-0.25, -0.2) is 0 Å². The van der Waals surface area contributed by atoms with Gasteiger partial charge in [0.15, 0.2) is 0 Å². The fourth-order valence-electron chi connectivity index (χ4n) is 1.86. The summed E-state index contributed by atoms with van der Waals surface area (Å²) in [7, 11) is 0. The number of amides is 1. The van der Waals surface area contributed by atoms with Crippen molar-refractivity contribution in [1.82, 2.24) is 9.88 Å². The van der Waals surface area contributed by atoms with E-state index in [-0.39, 0.29) is 11.5 Å². The monoisotopic (exact) mass is 192 g/mol. The zero-order chi connectivity index (χ0) is 10.5. The summed E-state index contributed by atoms with van der Waals surface area (Å²) in [6, 6.07) is 3.16. The molecule has 1 amide bonds. The summed E-state index contributed by atoms with van der Waals surface area (Å²) in [6.45, 7) is 5.44. The standard InChI is InChI=1S/C10H12N2O2/c1-6-4-5-7(13)12-8(6)9(14)11-10(12,2)3/h4-5H,1-3H3,(H,11,14). The summed E-state index contributed by atoms with van der Waals surface area (Å²) in [6.07, 6.45) is 0. The summed E-state index contributed by atoms with van der Waals surface area (Å²) in [5.41, 5.74) is 0.541. The molecule has 74 valence electrons. The Balaban J connectivity index is 2.87. The molecule has 2 rings (SSSR count). The number of hydrogen-bond donors (Lipinski definition) is 1. The van der Waals surface area contributed by atoms with Crippen molar-refractivity contribution in [3.8, 4) is 0 Å². The molecule has 14 heavy (non-hydrogen) atoms. The third-order valence-electron chi connectivity index (χ3n) is 2.49. The predicted octanol–water partition coefficient (Wildman–Crippen LogP) is 0.593. The number of aryl methyl sites for hydroxylation is 1. The van der Waals surface area contributed by atoms with Crippen LogP contribution in [0.2, 0.25) is 0 Å². The number of rotatable bonds is 0. The molecule has 0 aliphatic carbocycles. The Morgan fingerprint density at radius 3 is 2.50 bits per heavy atom. The molecule has 0 saturated carbocycles. The van der Waals surface area contributed by atoms with Gasteiger partial charge >= 0.3 is 0 Å². The van der Waals surface area contributed by atoms with Crippen molar-refractivity contribution in [3.05, 3.63) is 33.7 Å². The van der Waals surface area contributed by atoms with Gasteiger partial charge in [0.25, 0.3) is 11.5 Å². The van der Waals surface area contributed by atoms with E-state index in [0.717, 1.165) is 5.56 Å². The van der Waals surface area contributed by atoms with Gasteiger partial charge in [-0.3, -0.25) is 14.2 Å². The summed E-state index contributed by atoms with van der Waals surface area (Å²) < 4.78 is 1.50. The van der Waals surface area contributed by atoms with E-state index in [1.54, 1.807) is 6.07 Å². The molecule has 1 aliphatic rings. The van der Waals surface area contributed by atoms with Crippen LogP contribution in [0.1, 0.15) is 29.9 Å². The van der Waals surface area contributed by atoms with Crippen LogP contribution in [-0.4, -0.2) is 10.5 Å². The van der Waals surface area contributed by atoms with Crippen molar-refractivity contribution in [2.75, 3.05) is 0 Å². The predicted molar refractivity (Wildman–Crippen MR) is 52.2 cm³/mol. The lowest BCUT2D eigenvalue weighted by atomic mass is 10.2. The lowest BCUT2D eigenvalue weighted by molar-refractivity contribution is 0.0934. The Labute approximate surface area is 81.6 Å². The number of nitrogens with zero attached hydrogens (tertiary/aromatic N) is 1. The summed E-state index contributed by atoms with van der Waals surface area (Å²) in [5, 5.41) is 2.76. The van der Waals surface area contributed by atoms with Gasteiger partial charge in [0.1, 0.15) is 11.4 Å². The second-order valence-corrected chi connectivity index (χ2v) is 4.05. The number of nitrogens with one attached hydrogen (secondary N) is 1. The number of carbonyl (C=O) groups excluding carboxylic acids is 1. The molecular weight excluding hydrogens is 180 g/mol. The smallest absolute Gasteiger partial charge is 0.270 e. The minimum atomic E-state index is -0.616. The summed E-state index contributed by atoms with van der Waals surface area (Å²) in [4.78, 5) is 23.2. The third kappa shape index (κ3) is 0.999. The molecule has 1 N–H and O–H groups in total. The summed E-state index contributed by atoms with van der Waals surface area (Å²) >= 11 is 0. The fraction of sp³-hybridized carbons (Fsp3) is 0.400. The number of fused-ring (bicyclic) bond motifs is 1. The van der Waals surface area contributed by atoms with Crippen molar-refractivity contribution < 1.29 is 4.79 Å². The van der Waals surface area contributed by atoms with Gasteiger partial charge in [-0.05, 0) is 26.3 Å². The minimum Gasteiger partial charge on any atom is -0.328 e. The molecule has 0 bridgehead atoms. The maximum Gasteiger partial charge on any atom is 0.270 e. The van der Waals surface area contributed by atoms with Gasteiger partial charge in [0.05, 0.1) is 0 Å². The molecule has 0 spiro atoms. The van der Waals surface area contributed by atoms with Crippen LogP contribution in [0.4, 0.5) is 0 Å². The molecule has 0 radical (unpaired) electrons. The highest BCUT2D eigenvalue weighted by molar-refractivity contribution is 5.96. The molecule has 0 unspecified atom stereocenters. The van der Waals surface area contributed by atoms with Crippen molar-refractivity contribution in [2.45, 2.75) is 26.4 Å². The summed E-state index contributed by atoms with van der Waals surface area (Å²) in [5.74, 6) is -0.176. The quantitative estimate of drug-likeness (QED) is 0.654. The first-order valence-electron chi connectivity index (χ1n) is 4.49.